The van der Waals surface area contributed by atoms with E-state index in [-0.39, 0.29) is 43.0 Å². The van der Waals surface area contributed by atoms with Crippen LogP contribution in [0, 0.1) is 29.0 Å². The lowest BCUT2D eigenvalue weighted by molar-refractivity contribution is -0.330. The Morgan fingerprint density at radius 3 is 2.53 bits per heavy atom. The molecule has 15 heteroatoms. The molecule has 202 valence electrons. The van der Waals surface area contributed by atoms with Crippen molar-refractivity contribution < 1.29 is 41.0 Å². The van der Waals surface area contributed by atoms with Crippen LogP contribution in [-0.4, -0.2) is 71.3 Å². The van der Waals surface area contributed by atoms with Crippen LogP contribution >= 0.6 is 11.6 Å². The molecule has 1 amide bonds. The molecular weight excluding hydrogens is 541 g/mol. The summed E-state index contributed by atoms with van der Waals surface area (Å²) in [5.74, 6) is -11.2. The van der Waals surface area contributed by atoms with Gasteiger partial charge >= 0.3 is 17.9 Å². The highest BCUT2D eigenvalue weighted by Gasteiger charge is 2.74. The lowest BCUT2D eigenvalue weighted by Gasteiger charge is -2.47. The second-order valence-electron chi connectivity index (χ2n) is 9.22. The number of alkyl halides is 4. The second-order valence-corrected chi connectivity index (χ2v) is 9.63. The molecular formula is C23H19ClF5N5O4. The van der Waals surface area contributed by atoms with Gasteiger partial charge in [0.05, 0.1) is 42.0 Å². The molecule has 0 spiro atoms. The van der Waals surface area contributed by atoms with Gasteiger partial charge in [-0.15, -0.1) is 0 Å². The van der Waals surface area contributed by atoms with Gasteiger partial charge in [0.25, 0.3) is 5.88 Å². The van der Waals surface area contributed by atoms with Crippen molar-refractivity contribution in [2.45, 2.75) is 30.5 Å². The van der Waals surface area contributed by atoms with Crippen LogP contribution in [0.4, 0.5) is 38.3 Å². The normalized spacial score (nSPS) is 27.0. The number of aromatic nitrogens is 2. The van der Waals surface area contributed by atoms with Crippen LogP contribution in [0.2, 0.25) is 5.02 Å². The fraction of sp³-hybridized carbons (Fsp3) is 0.478. The van der Waals surface area contributed by atoms with Gasteiger partial charge < -0.3 is 24.4 Å². The van der Waals surface area contributed by atoms with Crippen molar-refractivity contribution in [3.05, 3.63) is 40.9 Å². The molecule has 3 atom stereocenters. The molecule has 1 aromatic heterocycles. The molecule has 1 aromatic carbocycles. The molecule has 3 aliphatic rings. The van der Waals surface area contributed by atoms with Gasteiger partial charge in [0.2, 0.25) is 5.82 Å². The van der Waals surface area contributed by atoms with E-state index in [0.29, 0.717) is 11.3 Å². The molecule has 38 heavy (non-hydrogen) atoms. The van der Waals surface area contributed by atoms with E-state index in [1.807, 2.05) is 6.07 Å². The Bertz CT molecular complexity index is 1280. The molecule has 3 heterocycles. The van der Waals surface area contributed by atoms with Gasteiger partial charge in [-0.05, 0) is 18.2 Å². The summed E-state index contributed by atoms with van der Waals surface area (Å²) in [7, 11) is 0. The zero-order chi connectivity index (χ0) is 27.2. The first-order chi connectivity index (χ1) is 18.0. The molecule has 2 saturated heterocycles. The van der Waals surface area contributed by atoms with Gasteiger partial charge in [-0.1, -0.05) is 11.6 Å². The number of carbonyl (C=O) groups excluding carboxylic acids is 1. The third kappa shape index (κ3) is 4.64. The van der Waals surface area contributed by atoms with Crippen molar-refractivity contribution in [2.75, 3.05) is 31.6 Å². The standard InChI is InChI=1S/C23H19ClF5N5O4/c24-14-3-11(5-30)1-2-15(14)33-19-17(25)20(32-10-31-19)38-18-12-6-34(7-13(18)9-36-8-12)21(35)37-16-4-22(26,27)23(16,28)29/h1-3,10,12-13,16,18H,4,6-9H2,(H,31,32,33). The van der Waals surface area contributed by atoms with Gasteiger partial charge in [-0.3, -0.25) is 0 Å². The topological polar surface area (TPSA) is 110 Å². The Kier molecular flexibility index (Phi) is 6.68. The Hall–Kier alpha value is -3.44. The van der Waals surface area contributed by atoms with E-state index in [2.05, 4.69) is 20.0 Å². The predicted molar refractivity (Wildman–Crippen MR) is 120 cm³/mol. The second kappa shape index (κ2) is 9.70. The zero-order valence-corrected chi connectivity index (χ0v) is 20.1. The quantitative estimate of drug-likeness (QED) is 0.537. The highest BCUT2D eigenvalue weighted by molar-refractivity contribution is 6.33. The molecule has 3 fully saturated rings. The number of ether oxygens (including phenoxy) is 3. The molecule has 1 N–H and O–H groups in total. The van der Waals surface area contributed by atoms with E-state index in [4.69, 9.17) is 26.3 Å². The monoisotopic (exact) mass is 559 g/mol. The highest BCUT2D eigenvalue weighted by atomic mass is 35.5. The smallest absolute Gasteiger partial charge is 0.410 e. The number of hydrogen-bond acceptors (Lipinski definition) is 8. The number of piperidine rings is 1. The molecule has 0 radical (unpaired) electrons. The molecule has 9 nitrogen and oxygen atoms in total. The lowest BCUT2D eigenvalue weighted by atomic mass is 9.84. The summed E-state index contributed by atoms with van der Waals surface area (Å²) in [5, 5.41) is 11.9. The van der Waals surface area contributed by atoms with E-state index >= 15 is 4.39 Å². The van der Waals surface area contributed by atoms with Crippen LogP contribution in [0.3, 0.4) is 0 Å². The maximum Gasteiger partial charge on any atom is 0.410 e. The van der Waals surface area contributed by atoms with Crippen LogP contribution in [0.1, 0.15) is 12.0 Å². The number of benzene rings is 1. The van der Waals surface area contributed by atoms with Crippen molar-refractivity contribution in [2.24, 2.45) is 11.8 Å². The van der Waals surface area contributed by atoms with Crippen molar-refractivity contribution in [1.29, 1.82) is 5.26 Å². The number of carbonyl (C=O) groups is 1. The number of rotatable bonds is 5. The number of fused-ring (bicyclic) bond motifs is 2. The van der Waals surface area contributed by atoms with Crippen molar-refractivity contribution in [3.8, 4) is 11.9 Å². The molecule has 5 rings (SSSR count). The minimum atomic E-state index is -4.43. The van der Waals surface area contributed by atoms with E-state index < -0.39 is 54.2 Å². The molecule has 1 saturated carbocycles. The highest BCUT2D eigenvalue weighted by Crippen LogP contribution is 2.52. The van der Waals surface area contributed by atoms with Crippen LogP contribution < -0.4 is 10.1 Å². The Labute approximate surface area is 217 Å². The third-order valence-corrected chi connectivity index (χ3v) is 7.01. The number of likely N-dealkylation sites (tertiary alicyclic amines) is 1. The molecule has 1 aliphatic carbocycles. The largest absolute Gasteiger partial charge is 0.471 e. The number of amides is 1. The molecule has 2 bridgehead atoms. The Morgan fingerprint density at radius 1 is 1.21 bits per heavy atom. The fourth-order valence-corrected chi connectivity index (χ4v) is 4.85. The van der Waals surface area contributed by atoms with Crippen molar-refractivity contribution in [1.82, 2.24) is 14.9 Å². The Morgan fingerprint density at radius 2 is 1.92 bits per heavy atom. The van der Waals surface area contributed by atoms with Crippen LogP contribution in [0.25, 0.3) is 0 Å². The van der Waals surface area contributed by atoms with Crippen LogP contribution in [0.5, 0.6) is 5.88 Å². The van der Waals surface area contributed by atoms with Crippen LogP contribution in [-0.2, 0) is 9.47 Å². The first-order valence-corrected chi connectivity index (χ1v) is 11.8. The van der Waals surface area contributed by atoms with E-state index in [1.165, 1.54) is 18.2 Å². The molecule has 2 aromatic rings. The average Bonchev–Trinajstić information content (AvgIpc) is 2.86. The summed E-state index contributed by atoms with van der Waals surface area (Å²) < 4.78 is 84.6. The van der Waals surface area contributed by atoms with E-state index in [0.717, 1.165) is 11.2 Å². The summed E-state index contributed by atoms with van der Waals surface area (Å²) >= 11 is 6.14. The average molecular weight is 560 g/mol. The van der Waals surface area contributed by atoms with Crippen LogP contribution in [0.15, 0.2) is 24.5 Å². The van der Waals surface area contributed by atoms with Gasteiger partial charge in [-0.25, -0.2) is 9.78 Å². The minimum absolute atomic E-state index is 0.0483. The molecule has 3 unspecified atom stereocenters. The first kappa shape index (κ1) is 26.2. The number of anilines is 2. The van der Waals surface area contributed by atoms with E-state index in [1.54, 1.807) is 0 Å². The first-order valence-electron chi connectivity index (χ1n) is 11.4. The summed E-state index contributed by atoms with van der Waals surface area (Å²) in [4.78, 5) is 21.3. The van der Waals surface area contributed by atoms with Gasteiger partial charge in [-0.2, -0.15) is 32.2 Å². The number of nitrogens with one attached hydrogen (secondary N) is 1. The number of nitrogens with zero attached hydrogens (tertiary/aromatic N) is 4. The maximum absolute atomic E-state index is 15.2. The summed E-state index contributed by atoms with van der Waals surface area (Å²) in [6.07, 6.45) is -4.18. The number of nitriles is 1. The minimum Gasteiger partial charge on any atom is -0.471 e. The number of halogens is 6. The zero-order valence-electron chi connectivity index (χ0n) is 19.3. The lowest BCUT2D eigenvalue weighted by Crippen LogP contribution is -2.65. The van der Waals surface area contributed by atoms with Gasteiger partial charge in [0, 0.05) is 24.9 Å². The summed E-state index contributed by atoms with van der Waals surface area (Å²) in [5.41, 5.74) is 0.608. The fourth-order valence-electron chi connectivity index (χ4n) is 4.62. The summed E-state index contributed by atoms with van der Waals surface area (Å²) in [6, 6.07) is 6.31. The van der Waals surface area contributed by atoms with Crippen molar-refractivity contribution >= 4 is 29.2 Å². The van der Waals surface area contributed by atoms with Gasteiger partial charge in [0.15, 0.2) is 11.9 Å². The van der Waals surface area contributed by atoms with E-state index in [9.17, 15) is 22.4 Å². The Balaban J connectivity index is 1.26. The maximum atomic E-state index is 15.2. The summed E-state index contributed by atoms with van der Waals surface area (Å²) in [6.45, 7) is 0.128. The third-order valence-electron chi connectivity index (χ3n) is 6.69. The van der Waals surface area contributed by atoms with Gasteiger partial charge in [0.1, 0.15) is 12.4 Å². The SMILES string of the molecule is N#Cc1ccc(Nc2ncnc(OC3C4COCC3CN(C(=O)OC3CC(F)(F)C3(F)F)C4)c2F)c(Cl)c1. The predicted octanol–water partition coefficient (Wildman–Crippen LogP) is 4.39. The van der Waals surface area contributed by atoms with Crippen molar-refractivity contribution in [3.63, 3.8) is 0 Å². The number of hydrogen-bond donors (Lipinski definition) is 1. The molecule has 2 aliphatic heterocycles.